The molecule has 1 amide bonds. The second-order valence-corrected chi connectivity index (χ2v) is 8.67. The van der Waals surface area contributed by atoms with Gasteiger partial charge in [0, 0.05) is 31.5 Å². The van der Waals surface area contributed by atoms with E-state index in [0.717, 1.165) is 48.3 Å². The largest absolute Gasteiger partial charge is 0.370 e. The minimum absolute atomic E-state index is 0.0409. The summed E-state index contributed by atoms with van der Waals surface area (Å²) < 4.78 is 26.6. The van der Waals surface area contributed by atoms with Crippen molar-refractivity contribution < 1.29 is 13.2 Å². The Morgan fingerprint density at radius 1 is 0.966 bits per heavy atom. The van der Waals surface area contributed by atoms with E-state index in [2.05, 4.69) is 14.9 Å². The number of hydrogen-bond acceptors (Lipinski definition) is 4. The maximum absolute atomic E-state index is 12.3. The second-order valence-electron chi connectivity index (χ2n) is 7.02. The van der Waals surface area contributed by atoms with Crippen LogP contribution in [-0.4, -0.2) is 34.0 Å². The molecule has 1 heterocycles. The normalized spacial score (nSPS) is 14.8. The molecule has 6 nitrogen and oxygen atoms in total. The number of rotatable bonds is 8. The number of benzene rings is 2. The average molecular weight is 414 g/mol. The molecule has 0 spiro atoms. The van der Waals surface area contributed by atoms with Crippen molar-refractivity contribution >= 4 is 33.4 Å². The van der Waals surface area contributed by atoms with E-state index in [4.69, 9.17) is 0 Å². The van der Waals surface area contributed by atoms with Crippen LogP contribution in [0, 0.1) is 0 Å². The van der Waals surface area contributed by atoms with Crippen LogP contribution in [0.5, 0.6) is 0 Å². The number of carbonyl (C=O) groups excluding carboxylic acids is 1. The van der Waals surface area contributed by atoms with Crippen molar-refractivity contribution in [3.8, 4) is 0 Å². The van der Waals surface area contributed by atoms with Crippen LogP contribution in [-0.2, 0) is 14.8 Å². The van der Waals surface area contributed by atoms with Gasteiger partial charge in [-0.15, -0.1) is 0 Å². The molecule has 29 heavy (non-hydrogen) atoms. The van der Waals surface area contributed by atoms with Crippen LogP contribution >= 0.6 is 0 Å². The van der Waals surface area contributed by atoms with E-state index in [1.165, 1.54) is 12.5 Å². The predicted octanol–water partition coefficient (Wildman–Crippen LogP) is 3.60. The lowest BCUT2D eigenvalue weighted by Crippen LogP contribution is -2.31. The molecular weight excluding hydrogens is 386 g/mol. The Morgan fingerprint density at radius 3 is 2.41 bits per heavy atom. The Morgan fingerprint density at radius 2 is 1.66 bits per heavy atom. The van der Waals surface area contributed by atoms with E-state index in [-0.39, 0.29) is 18.9 Å². The summed E-state index contributed by atoms with van der Waals surface area (Å²) in [5.74, 6) is -0.218. The quantitative estimate of drug-likeness (QED) is 0.693. The third-order valence-corrected chi connectivity index (χ3v) is 5.87. The molecule has 0 aromatic heterocycles. The van der Waals surface area contributed by atoms with Crippen LogP contribution < -0.4 is 14.9 Å². The summed E-state index contributed by atoms with van der Waals surface area (Å²) in [7, 11) is -3.59. The number of nitrogens with zero attached hydrogens (tertiary/aromatic N) is 1. The van der Waals surface area contributed by atoms with Gasteiger partial charge in [-0.25, -0.2) is 13.1 Å². The number of piperidine rings is 1. The van der Waals surface area contributed by atoms with Gasteiger partial charge in [0.2, 0.25) is 15.9 Å². The zero-order valence-corrected chi connectivity index (χ0v) is 17.2. The molecule has 0 radical (unpaired) electrons. The SMILES string of the molecule is O=C(CCNS(=O)(=O)/C=C/c1ccccc1)Nc1ccccc1N1CCCCC1. The van der Waals surface area contributed by atoms with Gasteiger partial charge in [-0.3, -0.25) is 4.79 Å². The highest BCUT2D eigenvalue weighted by atomic mass is 32.2. The molecule has 2 aromatic carbocycles. The van der Waals surface area contributed by atoms with E-state index < -0.39 is 10.0 Å². The van der Waals surface area contributed by atoms with Crippen molar-refractivity contribution in [3.63, 3.8) is 0 Å². The summed E-state index contributed by atoms with van der Waals surface area (Å²) in [6.45, 7) is 2.01. The molecule has 3 rings (SSSR count). The smallest absolute Gasteiger partial charge is 0.233 e. The minimum Gasteiger partial charge on any atom is -0.370 e. The third-order valence-electron chi connectivity index (χ3n) is 4.77. The van der Waals surface area contributed by atoms with E-state index in [9.17, 15) is 13.2 Å². The monoisotopic (exact) mass is 413 g/mol. The number of nitrogens with one attached hydrogen (secondary N) is 2. The first-order chi connectivity index (χ1) is 14.0. The summed E-state index contributed by atoms with van der Waals surface area (Å²) >= 11 is 0. The van der Waals surface area contributed by atoms with Gasteiger partial charge in [0.25, 0.3) is 0 Å². The Hall–Kier alpha value is -2.64. The van der Waals surface area contributed by atoms with Gasteiger partial charge in [0.15, 0.2) is 0 Å². The van der Waals surface area contributed by atoms with Crippen LogP contribution in [0.2, 0.25) is 0 Å². The van der Waals surface area contributed by atoms with E-state index >= 15 is 0 Å². The molecule has 0 atom stereocenters. The molecule has 1 aliphatic heterocycles. The number of sulfonamides is 1. The molecule has 2 N–H and O–H groups in total. The lowest BCUT2D eigenvalue weighted by Gasteiger charge is -2.30. The van der Waals surface area contributed by atoms with Gasteiger partial charge in [-0.2, -0.15) is 0 Å². The predicted molar refractivity (Wildman–Crippen MR) is 118 cm³/mol. The van der Waals surface area contributed by atoms with Gasteiger partial charge in [-0.05, 0) is 43.0 Å². The van der Waals surface area contributed by atoms with E-state index in [1.54, 1.807) is 0 Å². The van der Waals surface area contributed by atoms with Crippen LogP contribution in [0.3, 0.4) is 0 Å². The molecule has 1 aliphatic rings. The summed E-state index contributed by atoms with van der Waals surface area (Å²) in [6, 6.07) is 16.9. The highest BCUT2D eigenvalue weighted by Crippen LogP contribution is 2.28. The van der Waals surface area contributed by atoms with Crippen molar-refractivity contribution in [1.82, 2.24) is 4.72 Å². The summed E-state index contributed by atoms with van der Waals surface area (Å²) in [5.41, 5.74) is 2.59. The Balaban J connectivity index is 1.51. The maximum Gasteiger partial charge on any atom is 0.233 e. The summed E-state index contributed by atoms with van der Waals surface area (Å²) in [5, 5.41) is 4.04. The number of amides is 1. The Labute approximate surface area is 172 Å². The van der Waals surface area contributed by atoms with Gasteiger partial charge in [-0.1, -0.05) is 42.5 Å². The Bertz CT molecular complexity index is 937. The lowest BCUT2D eigenvalue weighted by molar-refractivity contribution is -0.116. The number of para-hydroxylation sites is 2. The molecule has 0 unspecified atom stereocenters. The van der Waals surface area contributed by atoms with Crippen molar-refractivity contribution in [1.29, 1.82) is 0 Å². The third kappa shape index (κ3) is 6.73. The molecule has 1 fully saturated rings. The first-order valence-corrected chi connectivity index (χ1v) is 11.4. The van der Waals surface area contributed by atoms with Crippen LogP contribution in [0.25, 0.3) is 6.08 Å². The van der Waals surface area contributed by atoms with Crippen molar-refractivity contribution in [2.24, 2.45) is 0 Å². The standard InChI is InChI=1S/C22H27N3O3S/c26-22(13-15-23-29(27,28)18-14-19-9-3-1-4-10-19)24-20-11-5-6-12-21(20)25-16-7-2-8-17-25/h1,3-6,9-12,14,18,23H,2,7-8,13,15-17H2,(H,24,26)/b18-14+. The van der Waals surface area contributed by atoms with E-state index in [1.807, 2.05) is 54.6 Å². The highest BCUT2D eigenvalue weighted by molar-refractivity contribution is 7.92. The zero-order valence-electron chi connectivity index (χ0n) is 16.4. The molecule has 154 valence electrons. The summed E-state index contributed by atoms with van der Waals surface area (Å²) in [6.07, 6.45) is 5.13. The lowest BCUT2D eigenvalue weighted by atomic mass is 10.1. The fourth-order valence-corrected chi connectivity index (χ4v) is 4.11. The van der Waals surface area contributed by atoms with Crippen LogP contribution in [0.1, 0.15) is 31.2 Å². The number of hydrogen-bond donors (Lipinski definition) is 2. The first-order valence-electron chi connectivity index (χ1n) is 9.90. The minimum atomic E-state index is -3.59. The van der Waals surface area contributed by atoms with Crippen LogP contribution in [0.4, 0.5) is 11.4 Å². The van der Waals surface area contributed by atoms with Gasteiger partial charge in [0.05, 0.1) is 11.4 Å². The molecule has 2 aromatic rings. The maximum atomic E-state index is 12.3. The zero-order chi connectivity index (χ0) is 20.5. The fraction of sp³-hybridized carbons (Fsp3) is 0.318. The van der Waals surface area contributed by atoms with Crippen molar-refractivity contribution in [2.75, 3.05) is 29.9 Å². The van der Waals surface area contributed by atoms with E-state index in [0.29, 0.717) is 0 Å². The van der Waals surface area contributed by atoms with Gasteiger partial charge < -0.3 is 10.2 Å². The highest BCUT2D eigenvalue weighted by Gasteiger charge is 2.15. The Kier molecular flexibility index (Phi) is 7.43. The van der Waals surface area contributed by atoms with Gasteiger partial charge >= 0.3 is 0 Å². The molecule has 7 heteroatoms. The molecule has 0 bridgehead atoms. The van der Waals surface area contributed by atoms with Crippen LogP contribution in [0.15, 0.2) is 60.0 Å². The topological polar surface area (TPSA) is 78.5 Å². The molecule has 0 saturated carbocycles. The summed E-state index contributed by atoms with van der Waals surface area (Å²) in [4.78, 5) is 14.6. The fourth-order valence-electron chi connectivity index (χ4n) is 3.29. The molecule has 0 aliphatic carbocycles. The average Bonchev–Trinajstić information content (AvgIpc) is 2.74. The number of anilines is 2. The van der Waals surface area contributed by atoms with Crippen molar-refractivity contribution in [2.45, 2.75) is 25.7 Å². The van der Waals surface area contributed by atoms with Crippen molar-refractivity contribution in [3.05, 3.63) is 65.6 Å². The number of carbonyl (C=O) groups is 1. The molecule has 1 saturated heterocycles. The second kappa shape index (κ2) is 10.2. The molecular formula is C22H27N3O3S. The first kappa shape index (κ1) is 21.1. The van der Waals surface area contributed by atoms with Gasteiger partial charge in [0.1, 0.15) is 0 Å².